The van der Waals surface area contributed by atoms with Gasteiger partial charge >= 0.3 is 5.97 Å². The fraction of sp³-hybridized carbons (Fsp3) is 0.182. The number of nitrogens with zero attached hydrogens (tertiary/aromatic N) is 2. The van der Waals surface area contributed by atoms with Gasteiger partial charge in [-0.3, -0.25) is 14.4 Å². The van der Waals surface area contributed by atoms with Crippen LogP contribution in [0.25, 0.3) is 21.2 Å². The number of rotatable bonds is 5. The van der Waals surface area contributed by atoms with Crippen molar-refractivity contribution in [3.8, 4) is 11.5 Å². The third kappa shape index (κ3) is 3.76. The van der Waals surface area contributed by atoms with E-state index in [9.17, 15) is 14.4 Å². The highest BCUT2D eigenvalue weighted by molar-refractivity contribution is 7.16. The number of hydrogen-bond donors (Lipinski definition) is 0. The van der Waals surface area contributed by atoms with Crippen molar-refractivity contribution in [2.75, 3.05) is 21.3 Å². The molecular weight excluding hydrogens is 436 g/mol. The molecule has 4 aromatic rings. The maximum absolute atomic E-state index is 12.9. The summed E-state index contributed by atoms with van der Waals surface area (Å²) in [4.78, 5) is 42.0. The monoisotopic (exact) mass is 454 g/mol. The van der Waals surface area contributed by atoms with E-state index >= 15 is 0 Å². The van der Waals surface area contributed by atoms with Crippen molar-refractivity contribution in [1.82, 2.24) is 4.57 Å². The summed E-state index contributed by atoms with van der Waals surface area (Å²) in [6.07, 6.45) is 1.10. The number of methoxy groups -OCH3 is 3. The lowest BCUT2D eigenvalue weighted by Gasteiger charge is -2.09. The summed E-state index contributed by atoms with van der Waals surface area (Å²) in [7, 11) is 4.27. The zero-order chi connectivity index (χ0) is 22.8. The van der Waals surface area contributed by atoms with Gasteiger partial charge in [0.25, 0.3) is 5.91 Å². The number of ether oxygens (including phenoxy) is 3. The molecule has 2 aromatic carbocycles. The number of benzene rings is 2. The summed E-state index contributed by atoms with van der Waals surface area (Å²) in [5.74, 6) is -0.379. The maximum atomic E-state index is 12.9. The summed E-state index contributed by atoms with van der Waals surface area (Å²) in [6.45, 7) is -0.190. The number of amides is 1. The third-order valence-electron chi connectivity index (χ3n) is 4.81. The molecule has 2 heterocycles. The van der Waals surface area contributed by atoms with Crippen molar-refractivity contribution in [1.29, 1.82) is 0 Å². The second kappa shape index (κ2) is 8.67. The minimum absolute atomic E-state index is 0.190. The first-order valence-corrected chi connectivity index (χ1v) is 10.2. The molecular formula is C22H18N2O7S. The molecule has 0 bridgehead atoms. The highest BCUT2D eigenvalue weighted by atomic mass is 32.1. The topological polar surface area (TPSA) is 109 Å². The minimum atomic E-state index is -0.784. The van der Waals surface area contributed by atoms with E-state index in [0.717, 1.165) is 17.6 Å². The second-order valence-corrected chi connectivity index (χ2v) is 7.62. The summed E-state index contributed by atoms with van der Waals surface area (Å²) in [6, 6.07) is 10.0. The molecule has 0 aliphatic rings. The molecule has 1 amide bonds. The predicted molar refractivity (Wildman–Crippen MR) is 117 cm³/mol. The van der Waals surface area contributed by atoms with Crippen LogP contribution in [0.4, 0.5) is 0 Å². The van der Waals surface area contributed by atoms with Crippen molar-refractivity contribution in [2.24, 2.45) is 4.99 Å². The zero-order valence-corrected chi connectivity index (χ0v) is 18.2. The Labute approximate surface area is 185 Å². The molecule has 0 N–H and O–H groups in total. The van der Waals surface area contributed by atoms with Gasteiger partial charge in [0, 0.05) is 12.1 Å². The van der Waals surface area contributed by atoms with Gasteiger partial charge in [-0.25, -0.2) is 0 Å². The molecule has 0 aliphatic carbocycles. The number of carbonyl (C=O) groups is 2. The van der Waals surface area contributed by atoms with Gasteiger partial charge in [0.15, 0.2) is 16.3 Å². The lowest BCUT2D eigenvalue weighted by Crippen LogP contribution is -2.23. The smallest absolute Gasteiger partial charge is 0.325 e. The van der Waals surface area contributed by atoms with Crippen molar-refractivity contribution in [3.05, 3.63) is 63.2 Å². The average Bonchev–Trinajstić information content (AvgIpc) is 3.13. The van der Waals surface area contributed by atoms with Gasteiger partial charge in [-0.15, -0.1) is 0 Å². The van der Waals surface area contributed by atoms with Crippen LogP contribution in [0.15, 0.2) is 56.9 Å². The lowest BCUT2D eigenvalue weighted by atomic mass is 10.2. The minimum Gasteiger partial charge on any atom is -0.493 e. The van der Waals surface area contributed by atoms with E-state index in [1.165, 1.54) is 25.9 Å². The van der Waals surface area contributed by atoms with Gasteiger partial charge in [0.1, 0.15) is 24.0 Å². The van der Waals surface area contributed by atoms with Crippen molar-refractivity contribution in [2.45, 2.75) is 6.54 Å². The maximum Gasteiger partial charge on any atom is 0.325 e. The summed E-state index contributed by atoms with van der Waals surface area (Å²) < 4.78 is 23.1. The molecule has 0 aliphatic heterocycles. The Morgan fingerprint density at radius 2 is 1.81 bits per heavy atom. The summed E-state index contributed by atoms with van der Waals surface area (Å²) in [5.41, 5.74) is 0.275. The highest BCUT2D eigenvalue weighted by Crippen LogP contribution is 2.33. The van der Waals surface area contributed by atoms with Crippen LogP contribution < -0.4 is 19.7 Å². The lowest BCUT2D eigenvalue weighted by molar-refractivity contribution is -0.141. The quantitative estimate of drug-likeness (QED) is 0.427. The van der Waals surface area contributed by atoms with Crippen LogP contribution in [0.1, 0.15) is 10.4 Å². The van der Waals surface area contributed by atoms with Gasteiger partial charge in [-0.05, 0) is 12.1 Å². The van der Waals surface area contributed by atoms with Gasteiger partial charge < -0.3 is 23.2 Å². The van der Waals surface area contributed by atoms with E-state index in [0.29, 0.717) is 27.3 Å². The molecule has 0 fully saturated rings. The van der Waals surface area contributed by atoms with Crippen LogP contribution in [0.3, 0.4) is 0 Å². The molecule has 0 radical (unpaired) electrons. The Kier molecular flexibility index (Phi) is 5.78. The largest absolute Gasteiger partial charge is 0.493 e. The summed E-state index contributed by atoms with van der Waals surface area (Å²) >= 11 is 1.16. The fourth-order valence-corrected chi connectivity index (χ4v) is 4.24. The molecule has 10 heteroatoms. The number of carbonyl (C=O) groups excluding carboxylic acids is 2. The highest BCUT2D eigenvalue weighted by Gasteiger charge is 2.18. The second-order valence-electron chi connectivity index (χ2n) is 6.61. The van der Waals surface area contributed by atoms with Gasteiger partial charge in [0.2, 0.25) is 5.43 Å². The Balaban J connectivity index is 1.91. The molecule has 2 aromatic heterocycles. The number of hydrogen-bond acceptors (Lipinski definition) is 8. The Morgan fingerprint density at radius 3 is 2.53 bits per heavy atom. The molecule has 164 valence electrons. The number of para-hydroxylation sites is 1. The molecule has 32 heavy (non-hydrogen) atoms. The molecule has 9 nitrogen and oxygen atoms in total. The Bertz CT molecular complexity index is 1480. The van der Waals surface area contributed by atoms with E-state index in [2.05, 4.69) is 4.99 Å². The Morgan fingerprint density at radius 1 is 1.09 bits per heavy atom. The molecule has 0 spiro atoms. The van der Waals surface area contributed by atoms with E-state index in [-0.39, 0.29) is 22.3 Å². The van der Waals surface area contributed by atoms with Crippen LogP contribution in [0, 0.1) is 0 Å². The fourth-order valence-electron chi connectivity index (χ4n) is 3.20. The van der Waals surface area contributed by atoms with Crippen molar-refractivity contribution in [3.63, 3.8) is 0 Å². The first-order chi connectivity index (χ1) is 15.5. The van der Waals surface area contributed by atoms with Crippen LogP contribution in [0.5, 0.6) is 11.5 Å². The van der Waals surface area contributed by atoms with Crippen LogP contribution >= 0.6 is 11.3 Å². The van der Waals surface area contributed by atoms with Crippen molar-refractivity contribution >= 4 is 44.4 Å². The van der Waals surface area contributed by atoms with Crippen molar-refractivity contribution < 1.29 is 28.2 Å². The van der Waals surface area contributed by atoms with Crippen LogP contribution in [-0.4, -0.2) is 37.8 Å². The molecule has 4 rings (SSSR count). The SMILES string of the molecule is COC(=O)Cn1c(=NC(=O)c2coc3ccccc3c2=O)sc2cc(OC)c(OC)cc21. The van der Waals surface area contributed by atoms with E-state index < -0.39 is 17.3 Å². The van der Waals surface area contributed by atoms with E-state index in [1.807, 2.05) is 0 Å². The standard InChI is InChI=1S/C22H18N2O7S/c1-28-16-8-14-18(9-17(16)29-2)32-22(24(14)10-19(25)30-3)23-21(27)13-11-31-15-7-5-4-6-12(15)20(13)26/h4-9,11H,10H2,1-3H3. The van der Waals surface area contributed by atoms with Gasteiger partial charge in [-0.2, -0.15) is 4.99 Å². The predicted octanol–water partition coefficient (Wildman–Crippen LogP) is 2.74. The number of esters is 1. The van der Waals surface area contributed by atoms with E-state index in [4.69, 9.17) is 18.6 Å². The van der Waals surface area contributed by atoms with Gasteiger partial charge in [-0.1, -0.05) is 23.5 Å². The molecule has 0 saturated heterocycles. The van der Waals surface area contributed by atoms with Crippen LogP contribution in [0.2, 0.25) is 0 Å². The number of fused-ring (bicyclic) bond motifs is 2. The van der Waals surface area contributed by atoms with E-state index in [1.54, 1.807) is 36.4 Å². The Hall–Kier alpha value is -3.92. The van der Waals surface area contributed by atoms with Crippen LogP contribution in [-0.2, 0) is 16.1 Å². The average molecular weight is 454 g/mol. The number of aromatic nitrogens is 1. The molecule has 0 unspecified atom stereocenters. The first-order valence-electron chi connectivity index (χ1n) is 9.38. The first kappa shape index (κ1) is 21.3. The van der Waals surface area contributed by atoms with Gasteiger partial charge in [0.05, 0.1) is 36.9 Å². The molecule has 0 saturated carbocycles. The summed E-state index contributed by atoms with van der Waals surface area (Å²) in [5, 5.41) is 0.279. The third-order valence-corrected chi connectivity index (χ3v) is 5.85. The molecule has 0 atom stereocenters. The number of thiazole rings is 1. The zero-order valence-electron chi connectivity index (χ0n) is 17.4. The normalized spacial score (nSPS) is 11.7.